The lowest BCUT2D eigenvalue weighted by atomic mass is 9.86. The summed E-state index contributed by atoms with van der Waals surface area (Å²) in [6.45, 7) is 11.3. The van der Waals surface area contributed by atoms with E-state index in [9.17, 15) is 18.0 Å². The number of alkyl halides is 3. The molecule has 1 aromatic carbocycles. The molecule has 2 aliphatic rings. The maximum absolute atomic E-state index is 13.9. The Balaban J connectivity index is 1.63. The molecular weight excluding hydrogens is 495 g/mol. The van der Waals surface area contributed by atoms with Gasteiger partial charge in [-0.15, -0.1) is 0 Å². The fraction of sp³-hybridized carbons (Fsp3) is 0.552. The maximum atomic E-state index is 13.9. The molecule has 1 heterocycles. The smallest absolute Gasteiger partial charge is 0.419 e. The first kappa shape index (κ1) is 29.5. The summed E-state index contributed by atoms with van der Waals surface area (Å²) in [6.07, 6.45) is 3.09. The summed E-state index contributed by atoms with van der Waals surface area (Å²) in [6, 6.07) is 4.26. The Labute approximate surface area is 223 Å². The third-order valence-electron chi connectivity index (χ3n) is 7.16. The normalized spacial score (nSPS) is 19.7. The van der Waals surface area contributed by atoms with E-state index in [4.69, 9.17) is 9.47 Å². The van der Waals surface area contributed by atoms with Crippen LogP contribution >= 0.6 is 0 Å². The molecule has 1 unspecified atom stereocenters. The first-order chi connectivity index (χ1) is 18.2. The van der Waals surface area contributed by atoms with Gasteiger partial charge in [-0.1, -0.05) is 24.6 Å². The topological polar surface area (TPSA) is 63.5 Å². The van der Waals surface area contributed by atoms with Crippen molar-refractivity contribution >= 4 is 24.2 Å². The quantitative estimate of drug-likeness (QED) is 0.207. The first-order valence-corrected chi connectivity index (χ1v) is 13.3. The summed E-state index contributed by atoms with van der Waals surface area (Å²) >= 11 is 0. The fourth-order valence-corrected chi connectivity index (χ4v) is 4.64. The van der Waals surface area contributed by atoms with E-state index in [1.807, 2.05) is 17.9 Å². The standard InChI is InChI=1S/C29H38F3N3O3/c1-5-20(3)18-34-28(33-4)35-15-13-21(14-16-35)19-38-26-12-11-24(17-25(26)29(30,31)32)22-7-9-23(10-8-22)27(36)37-6-2/h7,11-12,17-18,21,23H,4-6,8-10,13-16,19H2,1-3H3/b20-18+,34-28?. The Morgan fingerprint density at radius 1 is 1.21 bits per heavy atom. The van der Waals surface area contributed by atoms with Crippen LogP contribution in [0.25, 0.3) is 5.57 Å². The van der Waals surface area contributed by atoms with Crippen LogP contribution in [0.5, 0.6) is 5.75 Å². The van der Waals surface area contributed by atoms with Gasteiger partial charge in [-0.25, -0.2) is 9.98 Å². The molecule has 0 spiro atoms. The van der Waals surface area contributed by atoms with Crippen LogP contribution in [0.3, 0.4) is 0 Å². The van der Waals surface area contributed by atoms with E-state index in [2.05, 4.69) is 23.6 Å². The highest BCUT2D eigenvalue weighted by Crippen LogP contribution is 2.40. The lowest BCUT2D eigenvalue weighted by Crippen LogP contribution is -2.39. The second kappa shape index (κ2) is 13.6. The van der Waals surface area contributed by atoms with Crippen molar-refractivity contribution in [2.24, 2.45) is 21.8 Å². The number of benzene rings is 1. The summed E-state index contributed by atoms with van der Waals surface area (Å²) in [5, 5.41) is 0. The molecule has 0 radical (unpaired) electrons. The zero-order valence-corrected chi connectivity index (χ0v) is 22.5. The fourth-order valence-electron chi connectivity index (χ4n) is 4.64. The van der Waals surface area contributed by atoms with Crippen LogP contribution in [0.2, 0.25) is 0 Å². The third-order valence-corrected chi connectivity index (χ3v) is 7.16. The highest BCUT2D eigenvalue weighted by atomic mass is 19.4. The second-order valence-electron chi connectivity index (χ2n) is 9.82. The average molecular weight is 534 g/mol. The van der Waals surface area contributed by atoms with Gasteiger partial charge >= 0.3 is 12.1 Å². The van der Waals surface area contributed by atoms with Crippen LogP contribution in [0, 0.1) is 11.8 Å². The number of carbonyl (C=O) groups excluding carboxylic acids is 1. The number of piperidine rings is 1. The molecule has 9 heteroatoms. The maximum Gasteiger partial charge on any atom is 0.419 e. The zero-order chi connectivity index (χ0) is 27.7. The number of aliphatic imine (C=N–C) groups is 2. The van der Waals surface area contributed by atoms with Gasteiger partial charge in [0, 0.05) is 19.3 Å². The van der Waals surface area contributed by atoms with Crippen LogP contribution in [-0.4, -0.2) is 49.8 Å². The number of hydrogen-bond donors (Lipinski definition) is 0. The van der Waals surface area contributed by atoms with Crippen molar-refractivity contribution in [1.82, 2.24) is 4.90 Å². The minimum Gasteiger partial charge on any atom is -0.493 e. The van der Waals surface area contributed by atoms with E-state index in [0.717, 1.165) is 30.4 Å². The van der Waals surface area contributed by atoms with Gasteiger partial charge < -0.3 is 14.4 Å². The minimum atomic E-state index is -4.54. The highest BCUT2D eigenvalue weighted by molar-refractivity contribution is 5.84. The molecule has 6 nitrogen and oxygen atoms in total. The van der Waals surface area contributed by atoms with Gasteiger partial charge in [0.1, 0.15) is 5.75 Å². The molecule has 1 atom stereocenters. The zero-order valence-electron chi connectivity index (χ0n) is 22.5. The predicted octanol–water partition coefficient (Wildman–Crippen LogP) is 6.91. The van der Waals surface area contributed by atoms with E-state index in [0.29, 0.717) is 50.5 Å². The molecule has 0 aromatic heterocycles. The van der Waals surface area contributed by atoms with Crippen molar-refractivity contribution in [3.8, 4) is 5.75 Å². The lowest BCUT2D eigenvalue weighted by Gasteiger charge is -2.32. The van der Waals surface area contributed by atoms with Gasteiger partial charge in [0.15, 0.2) is 0 Å². The third kappa shape index (κ3) is 7.95. The van der Waals surface area contributed by atoms with Crippen LogP contribution < -0.4 is 4.74 Å². The van der Waals surface area contributed by atoms with Crippen LogP contribution in [-0.2, 0) is 15.7 Å². The number of rotatable bonds is 8. The predicted molar refractivity (Wildman–Crippen MR) is 144 cm³/mol. The molecule has 0 N–H and O–H groups in total. The number of carbonyl (C=O) groups is 1. The van der Waals surface area contributed by atoms with Crippen LogP contribution in [0.1, 0.15) is 70.4 Å². The van der Waals surface area contributed by atoms with Gasteiger partial charge in [-0.3, -0.25) is 4.79 Å². The second-order valence-corrected chi connectivity index (χ2v) is 9.82. The molecule has 0 saturated carbocycles. The van der Waals surface area contributed by atoms with E-state index in [1.165, 1.54) is 12.1 Å². The molecule has 208 valence electrons. The van der Waals surface area contributed by atoms with Crippen LogP contribution in [0.4, 0.5) is 13.2 Å². The summed E-state index contributed by atoms with van der Waals surface area (Å²) < 4.78 is 52.7. The summed E-state index contributed by atoms with van der Waals surface area (Å²) in [5.74, 6) is 0.0571. The molecule has 1 aliphatic carbocycles. The van der Waals surface area contributed by atoms with Crippen molar-refractivity contribution < 1.29 is 27.4 Å². The number of halogens is 3. The van der Waals surface area contributed by atoms with Gasteiger partial charge in [0.2, 0.25) is 5.96 Å². The number of likely N-dealkylation sites (tertiary alicyclic amines) is 1. The van der Waals surface area contributed by atoms with Crippen molar-refractivity contribution in [2.75, 3.05) is 26.3 Å². The average Bonchev–Trinajstić information content (AvgIpc) is 2.92. The molecule has 1 aromatic rings. The van der Waals surface area contributed by atoms with Gasteiger partial charge in [-0.05, 0) is 88.3 Å². The molecule has 1 fully saturated rings. The number of ether oxygens (including phenoxy) is 2. The number of esters is 1. The van der Waals surface area contributed by atoms with Crippen molar-refractivity contribution in [2.45, 2.75) is 65.5 Å². The number of nitrogens with zero attached hydrogens (tertiary/aromatic N) is 3. The number of hydrogen-bond acceptors (Lipinski definition) is 4. The molecule has 3 rings (SSSR count). The van der Waals surface area contributed by atoms with Crippen molar-refractivity contribution in [1.29, 1.82) is 0 Å². The molecule has 1 aliphatic heterocycles. The Hall–Kier alpha value is -3.10. The summed E-state index contributed by atoms with van der Waals surface area (Å²) in [5.41, 5.74) is 1.69. The first-order valence-electron chi connectivity index (χ1n) is 13.3. The summed E-state index contributed by atoms with van der Waals surface area (Å²) in [4.78, 5) is 22.5. The Kier molecular flexibility index (Phi) is 10.6. The van der Waals surface area contributed by atoms with E-state index < -0.39 is 11.7 Å². The molecule has 0 amide bonds. The lowest BCUT2D eigenvalue weighted by molar-refractivity contribution is -0.148. The molecule has 38 heavy (non-hydrogen) atoms. The SMILES string of the molecule is C=NC(=N/C=C(\C)CC)N1CCC(COc2ccc(C3=CCC(C(=O)OCC)CC3)cc2C(F)(F)F)CC1. The molecule has 0 bridgehead atoms. The van der Waals surface area contributed by atoms with Gasteiger partial charge in [0.05, 0.1) is 24.7 Å². The van der Waals surface area contributed by atoms with E-state index >= 15 is 0 Å². The van der Waals surface area contributed by atoms with Gasteiger partial charge in [0.25, 0.3) is 0 Å². The monoisotopic (exact) mass is 533 g/mol. The van der Waals surface area contributed by atoms with E-state index in [1.54, 1.807) is 19.2 Å². The van der Waals surface area contributed by atoms with Crippen molar-refractivity contribution in [3.05, 3.63) is 47.2 Å². The van der Waals surface area contributed by atoms with Gasteiger partial charge in [-0.2, -0.15) is 13.2 Å². The Morgan fingerprint density at radius 3 is 2.53 bits per heavy atom. The number of allylic oxidation sites excluding steroid dienone is 3. The van der Waals surface area contributed by atoms with E-state index in [-0.39, 0.29) is 30.2 Å². The van der Waals surface area contributed by atoms with Crippen LogP contribution in [0.15, 0.2) is 46.0 Å². The largest absolute Gasteiger partial charge is 0.493 e. The summed E-state index contributed by atoms with van der Waals surface area (Å²) in [7, 11) is 0. The molecular formula is C29H38F3N3O3. The van der Waals surface area contributed by atoms with Crippen molar-refractivity contribution in [3.63, 3.8) is 0 Å². The molecule has 1 saturated heterocycles. The Morgan fingerprint density at radius 2 is 1.95 bits per heavy atom. The number of guanidine groups is 1. The Bertz CT molecular complexity index is 1070. The highest BCUT2D eigenvalue weighted by Gasteiger charge is 2.35. The minimum absolute atomic E-state index is 0.131.